The van der Waals surface area contributed by atoms with Gasteiger partial charge in [0.1, 0.15) is 16.2 Å². The van der Waals surface area contributed by atoms with Gasteiger partial charge in [-0.1, -0.05) is 152 Å². The molecule has 0 aliphatic carbocycles. The topological polar surface area (TPSA) is 29.3 Å². The summed E-state index contributed by atoms with van der Waals surface area (Å²) in [6.07, 6.45) is 0. The van der Waals surface area contributed by atoms with Gasteiger partial charge in [-0.05, 0) is 76.3 Å². The Hall–Kier alpha value is -7.31. The van der Waals surface area contributed by atoms with Crippen LogP contribution >= 0.6 is 22.7 Å². The minimum Gasteiger partial charge on any atom is -0.456 e. The van der Waals surface area contributed by atoms with E-state index in [4.69, 9.17) is 9.40 Å². The number of furan rings is 1. The van der Waals surface area contributed by atoms with Gasteiger partial charge in [0.2, 0.25) is 0 Å². The number of anilines is 3. The lowest BCUT2D eigenvalue weighted by Crippen LogP contribution is -2.09. The van der Waals surface area contributed by atoms with Crippen LogP contribution in [0.4, 0.5) is 17.1 Å². The van der Waals surface area contributed by atoms with E-state index in [9.17, 15) is 0 Å². The van der Waals surface area contributed by atoms with E-state index in [-0.39, 0.29) is 0 Å². The number of nitrogens with zero attached hydrogens (tertiary/aromatic N) is 2. The first-order valence-electron chi connectivity index (χ1n) is 20.1. The summed E-state index contributed by atoms with van der Waals surface area (Å²) in [5.74, 6) is 0. The minimum atomic E-state index is 0.847. The summed E-state index contributed by atoms with van der Waals surface area (Å²) in [7, 11) is 0. The van der Waals surface area contributed by atoms with Crippen LogP contribution in [-0.4, -0.2) is 4.98 Å². The van der Waals surface area contributed by atoms with Gasteiger partial charge in [0, 0.05) is 65.2 Å². The zero-order valence-electron chi connectivity index (χ0n) is 32.2. The number of para-hydroxylation sites is 1. The van der Waals surface area contributed by atoms with Gasteiger partial charge < -0.3 is 9.32 Å². The number of aromatic nitrogens is 1. The van der Waals surface area contributed by atoms with Gasteiger partial charge in [0.15, 0.2) is 0 Å². The third kappa shape index (κ3) is 5.82. The molecule has 0 bridgehead atoms. The van der Waals surface area contributed by atoms with Crippen molar-refractivity contribution in [3.63, 3.8) is 0 Å². The quantitative estimate of drug-likeness (QED) is 0.161. The minimum absolute atomic E-state index is 0.847. The molecule has 9 aromatic carbocycles. The molecule has 0 N–H and O–H groups in total. The molecular formula is C55H34N2OS2. The first kappa shape index (κ1) is 34.7. The molecule has 0 unspecified atom stereocenters. The van der Waals surface area contributed by atoms with E-state index in [2.05, 4.69) is 193 Å². The van der Waals surface area contributed by atoms with Crippen LogP contribution in [0.5, 0.6) is 0 Å². The van der Waals surface area contributed by atoms with Crippen molar-refractivity contribution in [2.45, 2.75) is 0 Å². The molecule has 0 atom stereocenters. The van der Waals surface area contributed by atoms with E-state index in [1.54, 1.807) is 11.3 Å². The van der Waals surface area contributed by atoms with E-state index >= 15 is 0 Å². The number of hydrogen-bond donors (Lipinski definition) is 0. The van der Waals surface area contributed by atoms with Crippen molar-refractivity contribution in [2.75, 3.05) is 4.90 Å². The lowest BCUT2D eigenvalue weighted by Gasteiger charge is -2.26. The highest BCUT2D eigenvalue weighted by Gasteiger charge is 2.21. The normalized spacial score (nSPS) is 11.7. The van der Waals surface area contributed by atoms with Gasteiger partial charge in [-0.25, -0.2) is 4.98 Å². The molecular weight excluding hydrogens is 769 g/mol. The molecule has 3 heterocycles. The van der Waals surface area contributed by atoms with Crippen molar-refractivity contribution in [2.24, 2.45) is 0 Å². The monoisotopic (exact) mass is 802 g/mol. The Kier molecular flexibility index (Phi) is 8.22. The zero-order valence-corrected chi connectivity index (χ0v) is 33.9. The van der Waals surface area contributed by atoms with Gasteiger partial charge in [0.25, 0.3) is 0 Å². The molecule has 12 rings (SSSR count). The molecule has 0 fully saturated rings. The molecule has 3 aromatic heterocycles. The summed E-state index contributed by atoms with van der Waals surface area (Å²) in [6, 6.07) is 73.8. The molecule has 3 nitrogen and oxygen atoms in total. The van der Waals surface area contributed by atoms with Crippen molar-refractivity contribution in [3.8, 4) is 44.0 Å². The van der Waals surface area contributed by atoms with Crippen molar-refractivity contribution >= 4 is 92.1 Å². The van der Waals surface area contributed by atoms with Crippen LogP contribution in [0.2, 0.25) is 0 Å². The molecule has 5 heteroatoms. The summed E-state index contributed by atoms with van der Waals surface area (Å²) < 4.78 is 10.3. The van der Waals surface area contributed by atoms with E-state index in [1.807, 2.05) is 29.5 Å². The Bertz CT molecular complexity index is 3510. The van der Waals surface area contributed by atoms with Gasteiger partial charge in [-0.2, -0.15) is 0 Å². The first-order valence-corrected chi connectivity index (χ1v) is 21.7. The van der Waals surface area contributed by atoms with Crippen LogP contribution in [-0.2, 0) is 0 Å². The van der Waals surface area contributed by atoms with Gasteiger partial charge in [-0.15, -0.1) is 22.7 Å². The Morgan fingerprint density at radius 3 is 1.68 bits per heavy atom. The molecule has 12 aromatic rings. The molecule has 0 aliphatic rings. The molecule has 0 spiro atoms. The van der Waals surface area contributed by atoms with Crippen LogP contribution < -0.4 is 4.90 Å². The largest absolute Gasteiger partial charge is 0.456 e. The van der Waals surface area contributed by atoms with Crippen molar-refractivity contribution in [1.82, 2.24) is 4.98 Å². The van der Waals surface area contributed by atoms with Gasteiger partial charge in [0.05, 0.1) is 10.2 Å². The maximum absolute atomic E-state index is 6.49. The number of hydrogen-bond acceptors (Lipinski definition) is 5. The molecule has 60 heavy (non-hydrogen) atoms. The fourth-order valence-electron chi connectivity index (χ4n) is 8.67. The second-order valence-electron chi connectivity index (χ2n) is 15.1. The lowest BCUT2D eigenvalue weighted by atomic mass is 9.98. The van der Waals surface area contributed by atoms with Gasteiger partial charge >= 0.3 is 0 Å². The summed E-state index contributed by atoms with van der Waals surface area (Å²) in [5.41, 5.74) is 14.1. The third-order valence-electron chi connectivity index (χ3n) is 11.5. The number of thiophene rings is 1. The summed E-state index contributed by atoms with van der Waals surface area (Å²) in [4.78, 5) is 7.50. The predicted molar refractivity (Wildman–Crippen MR) is 256 cm³/mol. The Morgan fingerprint density at radius 2 is 0.967 bits per heavy atom. The third-order valence-corrected chi connectivity index (χ3v) is 13.9. The lowest BCUT2D eigenvalue weighted by molar-refractivity contribution is 0.669. The SMILES string of the molecule is c1ccc(-c2ccc(N(c3ccc(-c4cccc5c4sc4ccccc45)cc3)c3ccc(-c4c5sc(-c6ccccc6)nc5cc5oc6ccccc6c45)cc3)cc2)cc1. The number of thiazole rings is 1. The molecule has 0 aliphatic heterocycles. The fraction of sp³-hybridized carbons (Fsp3) is 0. The summed E-state index contributed by atoms with van der Waals surface area (Å²) >= 11 is 3.61. The van der Waals surface area contributed by atoms with Crippen molar-refractivity contribution < 1.29 is 4.42 Å². The van der Waals surface area contributed by atoms with Crippen LogP contribution in [0, 0.1) is 0 Å². The van der Waals surface area contributed by atoms with Crippen molar-refractivity contribution in [3.05, 3.63) is 206 Å². The Balaban J connectivity index is 0.990. The second kappa shape index (κ2) is 14.2. The smallest absolute Gasteiger partial charge is 0.138 e. The highest BCUT2D eigenvalue weighted by atomic mass is 32.1. The van der Waals surface area contributed by atoms with Crippen LogP contribution in [0.15, 0.2) is 211 Å². The molecule has 0 amide bonds. The fourth-order valence-corrected chi connectivity index (χ4v) is 11.0. The highest BCUT2D eigenvalue weighted by Crippen LogP contribution is 2.47. The molecule has 0 saturated carbocycles. The molecule has 0 saturated heterocycles. The van der Waals surface area contributed by atoms with E-state index < -0.39 is 0 Å². The van der Waals surface area contributed by atoms with Crippen LogP contribution in [0.1, 0.15) is 0 Å². The number of rotatable bonds is 7. The highest BCUT2D eigenvalue weighted by molar-refractivity contribution is 7.26. The zero-order chi connectivity index (χ0) is 39.6. The van der Waals surface area contributed by atoms with Crippen molar-refractivity contribution in [1.29, 1.82) is 0 Å². The second-order valence-corrected chi connectivity index (χ2v) is 17.1. The number of fused-ring (bicyclic) bond motifs is 7. The van der Waals surface area contributed by atoms with Crippen LogP contribution in [0.3, 0.4) is 0 Å². The average molecular weight is 803 g/mol. The predicted octanol–water partition coefficient (Wildman–Crippen LogP) is 16.7. The van der Waals surface area contributed by atoms with E-state index in [1.165, 1.54) is 42.4 Å². The van der Waals surface area contributed by atoms with Crippen LogP contribution in [0.25, 0.3) is 96.3 Å². The Morgan fingerprint density at radius 1 is 0.400 bits per heavy atom. The summed E-state index contributed by atoms with van der Waals surface area (Å²) in [6.45, 7) is 0. The molecule has 0 radical (unpaired) electrons. The van der Waals surface area contributed by atoms with Gasteiger partial charge in [-0.3, -0.25) is 0 Å². The maximum Gasteiger partial charge on any atom is 0.138 e. The van der Waals surface area contributed by atoms with E-state index in [0.29, 0.717) is 0 Å². The van der Waals surface area contributed by atoms with E-state index in [0.717, 1.165) is 70.9 Å². The maximum atomic E-state index is 6.49. The standard InChI is InChI=1S/C55H34N2OS2/c1-3-12-35(13-4-1)36-22-28-40(29-23-36)57(41-30-24-37(25-31-41)43-18-11-19-45-44-16-8-10-21-50(44)59-53(43)45)42-32-26-38(27-33-42)51-52-46-17-7-9-20-48(46)58-49(52)34-47-54(51)60-55(56-47)39-14-5-2-6-15-39/h1-34H. The molecule has 282 valence electrons. The summed E-state index contributed by atoms with van der Waals surface area (Å²) in [5, 5.41) is 5.84. The first-order chi connectivity index (χ1) is 29.7. The number of benzene rings is 9. The Labute approximate surface area is 354 Å². The average Bonchev–Trinajstić information content (AvgIpc) is 4.03.